The van der Waals surface area contributed by atoms with Gasteiger partial charge in [0.1, 0.15) is 6.04 Å². The van der Waals surface area contributed by atoms with Gasteiger partial charge in [0.25, 0.3) is 0 Å². The highest BCUT2D eigenvalue weighted by Crippen LogP contribution is 2.13. The molecule has 1 fully saturated rings. The Morgan fingerprint density at radius 1 is 1.63 bits per heavy atom. The summed E-state index contributed by atoms with van der Waals surface area (Å²) in [6.45, 7) is 8.01. The molecule has 1 unspecified atom stereocenters. The molecular formula is C14H22N4O. The third-order valence-corrected chi connectivity index (χ3v) is 3.53. The fourth-order valence-corrected chi connectivity index (χ4v) is 2.37. The molecule has 2 rings (SSSR count). The van der Waals surface area contributed by atoms with Crippen molar-refractivity contribution >= 4 is 5.91 Å². The van der Waals surface area contributed by atoms with E-state index in [1.165, 1.54) is 11.1 Å². The SMILES string of the molecule is CCNC(=O)C1CNCCN1Cc1cnccc1C. The molecule has 5 nitrogen and oxygen atoms in total. The Hall–Kier alpha value is -1.46. The molecule has 1 amide bonds. The smallest absolute Gasteiger partial charge is 0.238 e. The van der Waals surface area contributed by atoms with Gasteiger partial charge in [0, 0.05) is 45.1 Å². The van der Waals surface area contributed by atoms with Crippen LogP contribution in [0.2, 0.25) is 0 Å². The summed E-state index contributed by atoms with van der Waals surface area (Å²) in [5, 5.41) is 6.20. The Balaban J connectivity index is 2.07. The monoisotopic (exact) mass is 262 g/mol. The van der Waals surface area contributed by atoms with Gasteiger partial charge in [0.05, 0.1) is 0 Å². The van der Waals surface area contributed by atoms with Gasteiger partial charge in [0.2, 0.25) is 5.91 Å². The van der Waals surface area contributed by atoms with Gasteiger partial charge >= 0.3 is 0 Å². The lowest BCUT2D eigenvalue weighted by Gasteiger charge is -2.35. The molecule has 0 radical (unpaired) electrons. The van der Waals surface area contributed by atoms with Gasteiger partial charge in [-0.2, -0.15) is 0 Å². The lowest BCUT2D eigenvalue weighted by Crippen LogP contribution is -2.57. The second kappa shape index (κ2) is 6.63. The van der Waals surface area contributed by atoms with Gasteiger partial charge in [-0.05, 0) is 31.0 Å². The van der Waals surface area contributed by atoms with Crippen LogP contribution < -0.4 is 10.6 Å². The number of hydrogen-bond acceptors (Lipinski definition) is 4. The maximum absolute atomic E-state index is 12.1. The van der Waals surface area contributed by atoms with Gasteiger partial charge in [-0.25, -0.2) is 0 Å². The number of amides is 1. The average Bonchev–Trinajstić information content (AvgIpc) is 2.42. The van der Waals surface area contributed by atoms with E-state index >= 15 is 0 Å². The summed E-state index contributed by atoms with van der Waals surface area (Å²) < 4.78 is 0. The largest absolute Gasteiger partial charge is 0.355 e. The first kappa shape index (κ1) is 14.0. The predicted octanol–water partition coefficient (Wildman–Crippen LogP) is 0.300. The molecule has 19 heavy (non-hydrogen) atoms. The van der Waals surface area contributed by atoms with E-state index in [2.05, 4.69) is 27.4 Å². The molecular weight excluding hydrogens is 240 g/mol. The molecule has 1 aliphatic heterocycles. The number of rotatable bonds is 4. The summed E-state index contributed by atoms with van der Waals surface area (Å²) in [5.41, 5.74) is 2.42. The van der Waals surface area contributed by atoms with Crippen molar-refractivity contribution in [3.63, 3.8) is 0 Å². The molecule has 0 saturated carbocycles. The maximum Gasteiger partial charge on any atom is 0.238 e. The first-order valence-corrected chi connectivity index (χ1v) is 6.84. The number of nitrogens with zero attached hydrogens (tertiary/aromatic N) is 2. The molecule has 1 saturated heterocycles. The summed E-state index contributed by atoms with van der Waals surface area (Å²) in [5.74, 6) is 0.108. The van der Waals surface area contributed by atoms with Gasteiger partial charge < -0.3 is 10.6 Å². The highest BCUT2D eigenvalue weighted by Gasteiger charge is 2.28. The molecule has 0 bridgehead atoms. The van der Waals surface area contributed by atoms with Crippen LogP contribution in [0.5, 0.6) is 0 Å². The predicted molar refractivity (Wildman–Crippen MR) is 74.7 cm³/mol. The van der Waals surface area contributed by atoms with E-state index in [4.69, 9.17) is 0 Å². The fourth-order valence-electron chi connectivity index (χ4n) is 2.37. The number of carbonyl (C=O) groups is 1. The number of aromatic nitrogens is 1. The van der Waals surface area contributed by atoms with E-state index in [-0.39, 0.29) is 11.9 Å². The van der Waals surface area contributed by atoms with Gasteiger partial charge in [0.15, 0.2) is 0 Å². The zero-order valence-electron chi connectivity index (χ0n) is 11.6. The molecule has 5 heteroatoms. The van der Waals surface area contributed by atoms with E-state index in [1.54, 1.807) is 6.20 Å². The molecule has 2 N–H and O–H groups in total. The van der Waals surface area contributed by atoms with Crippen LogP contribution in [-0.2, 0) is 11.3 Å². The van der Waals surface area contributed by atoms with Crippen molar-refractivity contribution < 1.29 is 4.79 Å². The molecule has 0 spiro atoms. The molecule has 1 aromatic heterocycles. The Morgan fingerprint density at radius 2 is 2.47 bits per heavy atom. The zero-order valence-corrected chi connectivity index (χ0v) is 11.6. The fraction of sp³-hybridized carbons (Fsp3) is 0.571. The van der Waals surface area contributed by atoms with E-state index in [1.807, 2.05) is 19.2 Å². The van der Waals surface area contributed by atoms with Gasteiger partial charge in [-0.1, -0.05) is 0 Å². The Labute approximate surface area is 114 Å². The summed E-state index contributed by atoms with van der Waals surface area (Å²) in [4.78, 5) is 18.5. The highest BCUT2D eigenvalue weighted by molar-refractivity contribution is 5.82. The molecule has 0 aliphatic carbocycles. The van der Waals surface area contributed by atoms with Crippen LogP contribution in [0, 0.1) is 6.92 Å². The third-order valence-electron chi connectivity index (χ3n) is 3.53. The van der Waals surface area contributed by atoms with Crippen LogP contribution in [0.3, 0.4) is 0 Å². The minimum absolute atomic E-state index is 0.0895. The van der Waals surface area contributed by atoms with E-state index < -0.39 is 0 Å². The summed E-state index contributed by atoms with van der Waals surface area (Å²) in [7, 11) is 0. The standard InChI is InChI=1S/C14H22N4O/c1-3-17-14(19)13-9-16-6-7-18(13)10-12-8-15-5-4-11(12)2/h4-5,8,13,16H,3,6-7,9-10H2,1-2H3,(H,17,19). The Kier molecular flexibility index (Phi) is 4.87. The van der Waals surface area contributed by atoms with Gasteiger partial charge in [-0.15, -0.1) is 0 Å². The second-order valence-electron chi connectivity index (χ2n) is 4.89. The second-order valence-corrected chi connectivity index (χ2v) is 4.89. The highest BCUT2D eigenvalue weighted by atomic mass is 16.2. The quantitative estimate of drug-likeness (QED) is 0.819. The number of nitrogens with one attached hydrogen (secondary N) is 2. The van der Waals surface area contributed by atoms with Crippen molar-refractivity contribution in [2.75, 3.05) is 26.2 Å². The zero-order chi connectivity index (χ0) is 13.7. The minimum Gasteiger partial charge on any atom is -0.355 e. The van der Waals surface area contributed by atoms with E-state index in [0.29, 0.717) is 13.1 Å². The molecule has 0 aromatic carbocycles. The molecule has 2 heterocycles. The number of pyridine rings is 1. The average molecular weight is 262 g/mol. The van der Waals surface area contributed by atoms with Crippen LogP contribution >= 0.6 is 0 Å². The molecule has 1 atom stereocenters. The van der Waals surface area contributed by atoms with Crippen LogP contribution in [0.1, 0.15) is 18.1 Å². The first-order chi connectivity index (χ1) is 9.22. The molecule has 1 aliphatic rings. The van der Waals surface area contributed by atoms with E-state index in [0.717, 1.165) is 19.6 Å². The lowest BCUT2D eigenvalue weighted by atomic mass is 10.1. The maximum atomic E-state index is 12.1. The van der Waals surface area contributed by atoms with Crippen molar-refractivity contribution in [2.24, 2.45) is 0 Å². The number of aryl methyl sites for hydroxylation is 1. The number of likely N-dealkylation sites (N-methyl/N-ethyl adjacent to an activating group) is 1. The van der Waals surface area contributed by atoms with Crippen LogP contribution in [-0.4, -0.2) is 48.0 Å². The lowest BCUT2D eigenvalue weighted by molar-refractivity contribution is -0.127. The summed E-state index contributed by atoms with van der Waals surface area (Å²) in [6, 6.07) is 1.92. The van der Waals surface area contributed by atoms with Crippen molar-refractivity contribution in [1.29, 1.82) is 0 Å². The van der Waals surface area contributed by atoms with Crippen molar-refractivity contribution in [3.8, 4) is 0 Å². The van der Waals surface area contributed by atoms with Gasteiger partial charge in [-0.3, -0.25) is 14.7 Å². The van der Waals surface area contributed by atoms with Crippen molar-refractivity contribution in [3.05, 3.63) is 29.6 Å². The van der Waals surface area contributed by atoms with Crippen LogP contribution in [0.4, 0.5) is 0 Å². The Morgan fingerprint density at radius 3 is 3.21 bits per heavy atom. The Bertz CT molecular complexity index is 435. The normalized spacial score (nSPS) is 20.2. The third kappa shape index (κ3) is 3.52. The minimum atomic E-state index is -0.0895. The topological polar surface area (TPSA) is 57.3 Å². The molecule has 1 aromatic rings. The van der Waals surface area contributed by atoms with Crippen molar-refractivity contribution in [1.82, 2.24) is 20.5 Å². The van der Waals surface area contributed by atoms with Crippen LogP contribution in [0.25, 0.3) is 0 Å². The number of piperazine rings is 1. The van der Waals surface area contributed by atoms with Crippen molar-refractivity contribution in [2.45, 2.75) is 26.4 Å². The first-order valence-electron chi connectivity index (χ1n) is 6.84. The summed E-state index contributed by atoms with van der Waals surface area (Å²) in [6.07, 6.45) is 3.70. The van der Waals surface area contributed by atoms with Crippen LogP contribution in [0.15, 0.2) is 18.5 Å². The molecule has 104 valence electrons. The van der Waals surface area contributed by atoms with E-state index in [9.17, 15) is 4.79 Å². The number of hydrogen-bond donors (Lipinski definition) is 2. The summed E-state index contributed by atoms with van der Waals surface area (Å²) >= 11 is 0. The number of carbonyl (C=O) groups excluding carboxylic acids is 1.